The SMILES string of the molecule is CC(C)(O)C(O)CC(O)C(C)(O)C1CCC2(O)C3=CC(=O)C4CC(O)C(O)C(O)C4(C)C3CCC12C. The van der Waals surface area contributed by atoms with E-state index in [0.29, 0.717) is 24.8 Å². The van der Waals surface area contributed by atoms with Crippen LogP contribution in [0.2, 0.25) is 0 Å². The summed E-state index contributed by atoms with van der Waals surface area (Å²) >= 11 is 0. The van der Waals surface area contributed by atoms with E-state index in [1.54, 1.807) is 6.92 Å². The Labute approximate surface area is 212 Å². The zero-order valence-corrected chi connectivity index (χ0v) is 21.9. The Bertz CT molecular complexity index is 925. The summed E-state index contributed by atoms with van der Waals surface area (Å²) in [6.45, 7) is 7.94. The Morgan fingerprint density at radius 2 is 1.61 bits per heavy atom. The fourth-order valence-electron chi connectivity index (χ4n) is 8.31. The van der Waals surface area contributed by atoms with Crippen molar-refractivity contribution in [1.82, 2.24) is 0 Å². The average Bonchev–Trinajstić information content (AvgIpc) is 3.06. The molecule has 0 saturated heterocycles. The largest absolute Gasteiger partial charge is 0.390 e. The number of hydrogen-bond donors (Lipinski definition) is 8. The molecule has 36 heavy (non-hydrogen) atoms. The minimum Gasteiger partial charge on any atom is -0.390 e. The Kier molecular flexibility index (Phi) is 6.67. The van der Waals surface area contributed by atoms with E-state index in [9.17, 15) is 45.6 Å². The van der Waals surface area contributed by atoms with Gasteiger partial charge in [0.1, 0.15) is 6.10 Å². The molecule has 9 nitrogen and oxygen atoms in total. The molecule has 3 fully saturated rings. The van der Waals surface area contributed by atoms with Crippen LogP contribution in [0.15, 0.2) is 11.6 Å². The van der Waals surface area contributed by atoms with Gasteiger partial charge in [0.05, 0.1) is 41.2 Å². The molecule has 0 radical (unpaired) electrons. The van der Waals surface area contributed by atoms with Crippen molar-refractivity contribution < 1.29 is 45.6 Å². The van der Waals surface area contributed by atoms with Crippen LogP contribution in [0.3, 0.4) is 0 Å². The molecule has 0 amide bonds. The summed E-state index contributed by atoms with van der Waals surface area (Å²) in [5.74, 6) is -1.96. The van der Waals surface area contributed by atoms with Crippen molar-refractivity contribution in [2.24, 2.45) is 28.6 Å². The first-order valence-electron chi connectivity index (χ1n) is 13.2. The van der Waals surface area contributed by atoms with E-state index < -0.39 is 75.9 Å². The van der Waals surface area contributed by atoms with Gasteiger partial charge in [-0.25, -0.2) is 0 Å². The van der Waals surface area contributed by atoms with Gasteiger partial charge in [0.15, 0.2) is 5.78 Å². The van der Waals surface area contributed by atoms with Gasteiger partial charge in [0.2, 0.25) is 0 Å². The Morgan fingerprint density at radius 1 is 1.00 bits per heavy atom. The van der Waals surface area contributed by atoms with E-state index in [1.807, 2.05) is 6.92 Å². The predicted molar refractivity (Wildman–Crippen MR) is 129 cm³/mol. The summed E-state index contributed by atoms with van der Waals surface area (Å²) < 4.78 is 0. The smallest absolute Gasteiger partial charge is 0.159 e. The minimum atomic E-state index is -1.70. The zero-order chi connectivity index (χ0) is 27.2. The number of carbonyl (C=O) groups is 1. The molecule has 8 N–H and O–H groups in total. The minimum absolute atomic E-state index is 0.0383. The molecule has 206 valence electrons. The Balaban J connectivity index is 1.69. The average molecular weight is 513 g/mol. The van der Waals surface area contributed by atoms with Gasteiger partial charge < -0.3 is 40.9 Å². The molecule has 0 aromatic carbocycles. The lowest BCUT2D eigenvalue weighted by Gasteiger charge is -2.61. The highest BCUT2D eigenvalue weighted by atomic mass is 16.4. The van der Waals surface area contributed by atoms with Gasteiger partial charge in [-0.2, -0.15) is 0 Å². The maximum Gasteiger partial charge on any atom is 0.159 e. The third-order valence-corrected chi connectivity index (χ3v) is 10.9. The van der Waals surface area contributed by atoms with E-state index in [4.69, 9.17) is 0 Å². The molecule has 9 heteroatoms. The predicted octanol–water partition coefficient (Wildman–Crippen LogP) is -0.204. The van der Waals surface area contributed by atoms with E-state index in [2.05, 4.69) is 0 Å². The molecule has 3 saturated carbocycles. The molecule has 0 aromatic heterocycles. The lowest BCUT2D eigenvalue weighted by atomic mass is 9.45. The van der Waals surface area contributed by atoms with Crippen LogP contribution in [-0.4, -0.2) is 94.0 Å². The molecule has 12 atom stereocenters. The van der Waals surface area contributed by atoms with Crippen LogP contribution in [0.25, 0.3) is 0 Å². The van der Waals surface area contributed by atoms with Crippen LogP contribution in [0.5, 0.6) is 0 Å². The molecular formula is C27H44O9. The molecule has 0 bridgehead atoms. The number of allylic oxidation sites excluding steroid dienone is 1. The highest BCUT2D eigenvalue weighted by Gasteiger charge is 2.70. The second-order valence-corrected chi connectivity index (χ2v) is 13.3. The normalized spacial score (nSPS) is 48.2. The summed E-state index contributed by atoms with van der Waals surface area (Å²) in [5, 5.41) is 86.9. The molecule has 4 aliphatic rings. The molecular weight excluding hydrogens is 468 g/mol. The van der Waals surface area contributed by atoms with E-state index in [-0.39, 0.29) is 25.0 Å². The second-order valence-electron chi connectivity index (χ2n) is 13.3. The van der Waals surface area contributed by atoms with E-state index in [0.717, 1.165) is 0 Å². The van der Waals surface area contributed by atoms with Gasteiger partial charge in [0.25, 0.3) is 0 Å². The second kappa shape index (κ2) is 8.55. The third-order valence-electron chi connectivity index (χ3n) is 10.9. The first kappa shape index (κ1) is 28.1. The quantitative estimate of drug-likeness (QED) is 0.247. The van der Waals surface area contributed by atoms with Crippen molar-refractivity contribution in [3.05, 3.63) is 11.6 Å². The van der Waals surface area contributed by atoms with Crippen molar-refractivity contribution in [2.75, 3.05) is 0 Å². The summed E-state index contributed by atoms with van der Waals surface area (Å²) in [5.41, 5.74) is -6.13. The van der Waals surface area contributed by atoms with Crippen molar-refractivity contribution in [1.29, 1.82) is 0 Å². The van der Waals surface area contributed by atoms with Crippen LogP contribution < -0.4 is 0 Å². The van der Waals surface area contributed by atoms with Gasteiger partial charge in [-0.3, -0.25) is 4.79 Å². The van der Waals surface area contributed by atoms with Crippen molar-refractivity contribution in [3.8, 4) is 0 Å². The summed E-state index contributed by atoms with van der Waals surface area (Å²) in [7, 11) is 0. The van der Waals surface area contributed by atoms with Crippen LogP contribution in [0.4, 0.5) is 0 Å². The maximum absolute atomic E-state index is 13.3. The lowest BCUT2D eigenvalue weighted by Crippen LogP contribution is -2.67. The Hall–Kier alpha value is -0.910. The molecule has 4 aliphatic carbocycles. The van der Waals surface area contributed by atoms with E-state index in [1.165, 1.54) is 26.8 Å². The molecule has 4 rings (SSSR count). The van der Waals surface area contributed by atoms with Gasteiger partial charge in [-0.15, -0.1) is 0 Å². The first-order chi connectivity index (χ1) is 16.3. The fraction of sp³-hybridized carbons (Fsp3) is 0.889. The number of ketones is 1. The van der Waals surface area contributed by atoms with Gasteiger partial charge in [0, 0.05) is 23.2 Å². The monoisotopic (exact) mass is 512 g/mol. The molecule has 0 aliphatic heterocycles. The number of fused-ring (bicyclic) bond motifs is 5. The molecule has 12 unspecified atom stereocenters. The van der Waals surface area contributed by atoms with Crippen LogP contribution in [0.1, 0.15) is 73.1 Å². The number of carbonyl (C=O) groups excluding carboxylic acids is 1. The van der Waals surface area contributed by atoms with Crippen molar-refractivity contribution >= 4 is 5.78 Å². The number of hydrogen-bond acceptors (Lipinski definition) is 9. The van der Waals surface area contributed by atoms with Gasteiger partial charge in [-0.1, -0.05) is 13.8 Å². The zero-order valence-electron chi connectivity index (χ0n) is 21.9. The van der Waals surface area contributed by atoms with Crippen LogP contribution in [0, 0.1) is 28.6 Å². The first-order valence-corrected chi connectivity index (χ1v) is 13.2. The van der Waals surface area contributed by atoms with E-state index >= 15 is 0 Å². The Morgan fingerprint density at radius 3 is 2.19 bits per heavy atom. The highest BCUT2D eigenvalue weighted by molar-refractivity contribution is 5.95. The number of aliphatic hydroxyl groups is 8. The van der Waals surface area contributed by atoms with Crippen molar-refractivity contribution in [3.63, 3.8) is 0 Å². The summed E-state index contributed by atoms with van der Waals surface area (Å²) in [4.78, 5) is 13.3. The maximum atomic E-state index is 13.3. The van der Waals surface area contributed by atoms with Crippen LogP contribution >= 0.6 is 0 Å². The fourth-order valence-corrected chi connectivity index (χ4v) is 8.31. The van der Waals surface area contributed by atoms with Crippen molar-refractivity contribution in [2.45, 2.75) is 120 Å². The number of aliphatic hydroxyl groups excluding tert-OH is 5. The topological polar surface area (TPSA) is 179 Å². The number of rotatable bonds is 5. The van der Waals surface area contributed by atoms with Gasteiger partial charge >= 0.3 is 0 Å². The molecule has 0 aromatic rings. The third kappa shape index (κ3) is 3.69. The highest BCUT2D eigenvalue weighted by Crippen LogP contribution is 2.68. The van der Waals surface area contributed by atoms with Gasteiger partial charge in [-0.05, 0) is 76.4 Å². The molecule has 0 spiro atoms. The molecule has 0 heterocycles. The summed E-state index contributed by atoms with van der Waals surface area (Å²) in [6.07, 6.45) is -3.83. The van der Waals surface area contributed by atoms with Crippen LogP contribution in [-0.2, 0) is 4.79 Å². The summed E-state index contributed by atoms with van der Waals surface area (Å²) in [6, 6.07) is 0. The standard InChI is InChI=1S/C27H44O9/c1-23(2,34)19(30)12-20(31)26(5,35)18-7-9-27(36)14-10-16(28)15-11-17(29)21(32)22(33)25(15,4)13(14)6-8-24(18,27)3/h10,13,15,17-22,29-36H,6-9,11-12H2,1-5H3. The lowest BCUT2D eigenvalue weighted by molar-refractivity contribution is -0.206.